The number of ether oxygens (including phenoxy) is 1. The van der Waals surface area contributed by atoms with Crippen molar-refractivity contribution in [2.24, 2.45) is 0 Å². The average molecular weight is 612 g/mol. The molecular formula is C33H42FN3O5S. The van der Waals surface area contributed by atoms with Gasteiger partial charge in [0.2, 0.25) is 21.8 Å². The number of sulfonamides is 1. The van der Waals surface area contributed by atoms with Gasteiger partial charge in [-0.15, -0.1) is 0 Å². The summed E-state index contributed by atoms with van der Waals surface area (Å²) in [5.41, 5.74) is 2.04. The molecule has 10 heteroatoms. The van der Waals surface area contributed by atoms with E-state index >= 15 is 0 Å². The molecule has 0 fully saturated rings. The van der Waals surface area contributed by atoms with E-state index in [9.17, 15) is 22.4 Å². The van der Waals surface area contributed by atoms with Gasteiger partial charge in [-0.2, -0.15) is 0 Å². The predicted molar refractivity (Wildman–Crippen MR) is 168 cm³/mol. The lowest BCUT2D eigenvalue weighted by Crippen LogP contribution is -2.52. The topological polar surface area (TPSA) is 96.0 Å². The third-order valence-corrected chi connectivity index (χ3v) is 8.32. The van der Waals surface area contributed by atoms with Gasteiger partial charge in [0.05, 0.1) is 18.6 Å². The highest BCUT2D eigenvalue weighted by molar-refractivity contribution is 7.92. The highest BCUT2D eigenvalue weighted by atomic mass is 32.2. The Morgan fingerprint density at radius 1 is 0.930 bits per heavy atom. The van der Waals surface area contributed by atoms with Crippen molar-refractivity contribution >= 4 is 27.5 Å². The van der Waals surface area contributed by atoms with Crippen molar-refractivity contribution in [1.29, 1.82) is 0 Å². The largest absolute Gasteiger partial charge is 0.494 e. The fourth-order valence-electron chi connectivity index (χ4n) is 4.66. The summed E-state index contributed by atoms with van der Waals surface area (Å²) in [6, 6.07) is 21.1. The molecule has 0 bridgehead atoms. The predicted octanol–water partition coefficient (Wildman–Crippen LogP) is 5.33. The van der Waals surface area contributed by atoms with Crippen LogP contribution in [0.4, 0.5) is 10.1 Å². The molecule has 0 spiro atoms. The highest BCUT2D eigenvalue weighted by Gasteiger charge is 2.31. The summed E-state index contributed by atoms with van der Waals surface area (Å²) < 4.78 is 45.7. The van der Waals surface area contributed by atoms with E-state index in [0.29, 0.717) is 23.6 Å². The number of hydrogen-bond donors (Lipinski definition) is 1. The summed E-state index contributed by atoms with van der Waals surface area (Å²) in [7, 11) is -3.63. The normalized spacial score (nSPS) is 12.7. The first-order valence-corrected chi connectivity index (χ1v) is 16.4. The van der Waals surface area contributed by atoms with Gasteiger partial charge in [-0.05, 0) is 74.2 Å². The zero-order valence-electron chi connectivity index (χ0n) is 25.3. The fourth-order valence-corrected chi connectivity index (χ4v) is 5.63. The van der Waals surface area contributed by atoms with Crippen molar-refractivity contribution in [2.45, 2.75) is 65.1 Å². The molecule has 0 saturated carbocycles. The molecule has 0 aromatic heterocycles. The van der Waals surface area contributed by atoms with E-state index in [-0.39, 0.29) is 50.2 Å². The number of nitrogens with one attached hydrogen (secondary N) is 1. The van der Waals surface area contributed by atoms with Gasteiger partial charge in [0, 0.05) is 32.0 Å². The number of rotatable bonds is 16. The molecule has 0 aliphatic heterocycles. The molecular weight excluding hydrogens is 569 g/mol. The van der Waals surface area contributed by atoms with Crippen molar-refractivity contribution < 1.29 is 27.1 Å². The van der Waals surface area contributed by atoms with Crippen LogP contribution in [0.5, 0.6) is 5.75 Å². The molecule has 0 unspecified atom stereocenters. The number of amides is 2. The second-order valence-electron chi connectivity index (χ2n) is 10.5. The van der Waals surface area contributed by atoms with Crippen molar-refractivity contribution in [1.82, 2.24) is 10.2 Å². The Kier molecular flexibility index (Phi) is 12.5. The van der Waals surface area contributed by atoms with Crippen molar-refractivity contribution in [3.05, 3.63) is 95.8 Å². The standard InChI is InChI=1S/C33H42FN3O5S/c1-5-25(3)35-33(39)31(23-26-11-8-7-9-12-26)36(24-27-14-16-28(34)17-15-27)32(38)13-10-22-37(43(4,40)41)29-18-20-30(21-19-29)42-6-2/h7-9,11-12,14-21,25,31H,5-6,10,13,22-24H2,1-4H3,(H,35,39)/t25-,31+/m0/s1. The Morgan fingerprint density at radius 2 is 1.58 bits per heavy atom. The molecule has 0 heterocycles. The summed E-state index contributed by atoms with van der Waals surface area (Å²) >= 11 is 0. The van der Waals surface area contributed by atoms with Gasteiger partial charge in [-0.3, -0.25) is 13.9 Å². The highest BCUT2D eigenvalue weighted by Crippen LogP contribution is 2.23. The maximum Gasteiger partial charge on any atom is 0.243 e. The van der Waals surface area contributed by atoms with Gasteiger partial charge in [0.1, 0.15) is 17.6 Å². The molecule has 43 heavy (non-hydrogen) atoms. The molecule has 1 N–H and O–H groups in total. The summed E-state index contributed by atoms with van der Waals surface area (Å²) in [6.45, 7) is 6.41. The van der Waals surface area contributed by atoms with Gasteiger partial charge in [0.15, 0.2) is 0 Å². The summed E-state index contributed by atoms with van der Waals surface area (Å²) in [6.07, 6.45) is 2.37. The van der Waals surface area contributed by atoms with Crippen molar-refractivity contribution in [3.8, 4) is 5.75 Å². The molecule has 3 aromatic rings. The first-order chi connectivity index (χ1) is 20.5. The van der Waals surface area contributed by atoms with Gasteiger partial charge in [-0.1, -0.05) is 49.4 Å². The fraction of sp³-hybridized carbons (Fsp3) is 0.394. The molecule has 8 nitrogen and oxygen atoms in total. The maximum absolute atomic E-state index is 13.9. The number of hydrogen-bond acceptors (Lipinski definition) is 5. The Bertz CT molecular complexity index is 1420. The van der Waals surface area contributed by atoms with Gasteiger partial charge in [-0.25, -0.2) is 12.8 Å². The molecule has 232 valence electrons. The maximum atomic E-state index is 13.9. The molecule has 2 atom stereocenters. The van der Waals surface area contributed by atoms with Crippen molar-refractivity contribution in [2.75, 3.05) is 23.7 Å². The molecule has 3 rings (SSSR count). The molecule has 0 saturated heterocycles. The summed E-state index contributed by atoms with van der Waals surface area (Å²) in [5, 5.41) is 3.02. The third-order valence-electron chi connectivity index (χ3n) is 7.13. The second-order valence-corrected chi connectivity index (χ2v) is 12.4. The minimum absolute atomic E-state index is 0.00610. The van der Waals surface area contributed by atoms with Crippen LogP contribution in [0, 0.1) is 5.82 Å². The van der Waals surface area contributed by atoms with Crippen LogP contribution in [0.25, 0.3) is 0 Å². The van der Waals surface area contributed by atoms with Crippen LogP contribution in [-0.4, -0.2) is 56.6 Å². The quantitative estimate of drug-likeness (QED) is 0.236. The number of carbonyl (C=O) groups excluding carboxylic acids is 2. The van der Waals surface area contributed by atoms with E-state index in [1.54, 1.807) is 36.4 Å². The zero-order chi connectivity index (χ0) is 31.4. The van der Waals surface area contributed by atoms with E-state index < -0.39 is 21.9 Å². The molecule has 0 aliphatic rings. The molecule has 0 radical (unpaired) electrons. The SMILES string of the molecule is CCOc1ccc(N(CCCC(=O)N(Cc2ccc(F)cc2)[C@H](Cc2ccccc2)C(=O)N[C@@H](C)CC)S(C)(=O)=O)cc1. The minimum Gasteiger partial charge on any atom is -0.494 e. The zero-order valence-corrected chi connectivity index (χ0v) is 26.1. The Morgan fingerprint density at radius 3 is 2.16 bits per heavy atom. The smallest absolute Gasteiger partial charge is 0.243 e. The Balaban J connectivity index is 1.86. The number of anilines is 1. The first kappa shape index (κ1) is 33.6. The van der Waals surface area contributed by atoms with E-state index in [1.807, 2.05) is 51.1 Å². The number of carbonyl (C=O) groups is 2. The van der Waals surface area contributed by atoms with Crippen LogP contribution in [-0.2, 0) is 32.6 Å². The van der Waals surface area contributed by atoms with E-state index in [0.717, 1.165) is 18.2 Å². The Labute approximate surface area is 254 Å². The van der Waals surface area contributed by atoms with Gasteiger partial charge in [0.25, 0.3) is 0 Å². The van der Waals surface area contributed by atoms with E-state index in [4.69, 9.17) is 4.74 Å². The molecule has 0 aliphatic carbocycles. The Hall–Kier alpha value is -3.92. The van der Waals surface area contributed by atoms with Crippen LogP contribution in [0.2, 0.25) is 0 Å². The van der Waals surface area contributed by atoms with Crippen LogP contribution in [0.1, 0.15) is 51.2 Å². The second kappa shape index (κ2) is 16.1. The molecule has 2 amide bonds. The lowest BCUT2D eigenvalue weighted by molar-refractivity contribution is -0.141. The van der Waals surface area contributed by atoms with E-state index in [1.165, 1.54) is 21.3 Å². The number of halogens is 1. The summed E-state index contributed by atoms with van der Waals surface area (Å²) in [5.74, 6) is -0.343. The first-order valence-electron chi connectivity index (χ1n) is 14.6. The number of nitrogens with zero attached hydrogens (tertiary/aromatic N) is 2. The van der Waals surface area contributed by atoms with Crippen molar-refractivity contribution in [3.63, 3.8) is 0 Å². The average Bonchev–Trinajstić information content (AvgIpc) is 2.98. The lowest BCUT2D eigenvalue weighted by Gasteiger charge is -2.32. The third kappa shape index (κ3) is 10.4. The van der Waals surface area contributed by atoms with Crippen LogP contribution < -0.4 is 14.4 Å². The minimum atomic E-state index is -3.63. The summed E-state index contributed by atoms with van der Waals surface area (Å²) in [4.78, 5) is 29.0. The van der Waals surface area contributed by atoms with Crippen LogP contribution >= 0.6 is 0 Å². The molecule has 3 aromatic carbocycles. The lowest BCUT2D eigenvalue weighted by atomic mass is 10.0. The van der Waals surface area contributed by atoms with Gasteiger partial charge >= 0.3 is 0 Å². The number of benzene rings is 3. The van der Waals surface area contributed by atoms with Crippen LogP contribution in [0.3, 0.4) is 0 Å². The monoisotopic (exact) mass is 611 g/mol. The van der Waals surface area contributed by atoms with Crippen LogP contribution in [0.15, 0.2) is 78.9 Å². The van der Waals surface area contributed by atoms with E-state index in [2.05, 4.69) is 5.32 Å². The van der Waals surface area contributed by atoms with Gasteiger partial charge < -0.3 is 15.0 Å².